The quantitative estimate of drug-likeness (QED) is 0.758. The standard InChI is InChI=1S/C14H16FNO3S/c15-10-3-1-2-4-12(10)20-8-13(17)16-11(7-14(18)19)9-5-6-9/h1-4,9,11H,5-8H2,(H,16,17)(H,18,19). The molecular formula is C14H16FNO3S. The predicted octanol–water partition coefficient (Wildman–Crippen LogP) is 2.29. The Morgan fingerprint density at radius 3 is 2.70 bits per heavy atom. The molecule has 4 nitrogen and oxygen atoms in total. The highest BCUT2D eigenvalue weighted by atomic mass is 32.2. The van der Waals surface area contributed by atoms with E-state index in [1.807, 2.05) is 0 Å². The molecule has 1 fully saturated rings. The van der Waals surface area contributed by atoms with Crippen molar-refractivity contribution >= 4 is 23.6 Å². The molecule has 0 spiro atoms. The number of aliphatic carboxylic acids is 1. The van der Waals surface area contributed by atoms with Gasteiger partial charge in [-0.3, -0.25) is 9.59 Å². The lowest BCUT2D eigenvalue weighted by molar-refractivity contribution is -0.137. The summed E-state index contributed by atoms with van der Waals surface area (Å²) in [6, 6.07) is 5.96. The van der Waals surface area contributed by atoms with Gasteiger partial charge in [0.15, 0.2) is 0 Å². The molecule has 0 aromatic heterocycles. The zero-order valence-electron chi connectivity index (χ0n) is 10.8. The first-order valence-electron chi connectivity index (χ1n) is 6.44. The number of nitrogens with one attached hydrogen (secondary N) is 1. The molecule has 1 aromatic carbocycles. The molecule has 0 saturated heterocycles. The molecule has 1 atom stereocenters. The molecular weight excluding hydrogens is 281 g/mol. The van der Waals surface area contributed by atoms with Crippen LogP contribution in [0.5, 0.6) is 0 Å². The van der Waals surface area contributed by atoms with Crippen LogP contribution in [0.1, 0.15) is 19.3 Å². The van der Waals surface area contributed by atoms with Crippen molar-refractivity contribution in [1.29, 1.82) is 0 Å². The van der Waals surface area contributed by atoms with Crippen LogP contribution in [0.15, 0.2) is 29.2 Å². The molecule has 1 saturated carbocycles. The number of amides is 1. The van der Waals surface area contributed by atoms with Gasteiger partial charge in [0, 0.05) is 10.9 Å². The minimum Gasteiger partial charge on any atom is -0.481 e. The number of thioether (sulfide) groups is 1. The molecule has 1 unspecified atom stereocenters. The number of carboxylic acids is 1. The molecule has 2 rings (SSSR count). The number of hydrogen-bond acceptors (Lipinski definition) is 3. The van der Waals surface area contributed by atoms with Gasteiger partial charge < -0.3 is 10.4 Å². The third-order valence-electron chi connectivity index (χ3n) is 3.13. The molecule has 6 heteroatoms. The molecule has 1 aromatic rings. The largest absolute Gasteiger partial charge is 0.481 e. The molecule has 1 amide bonds. The van der Waals surface area contributed by atoms with E-state index in [0.717, 1.165) is 24.6 Å². The summed E-state index contributed by atoms with van der Waals surface area (Å²) in [6.45, 7) is 0. The summed E-state index contributed by atoms with van der Waals surface area (Å²) in [4.78, 5) is 23.0. The smallest absolute Gasteiger partial charge is 0.305 e. The van der Waals surface area contributed by atoms with E-state index in [1.54, 1.807) is 18.2 Å². The van der Waals surface area contributed by atoms with Crippen LogP contribution in [0.25, 0.3) is 0 Å². The normalized spacial score (nSPS) is 15.7. The number of carbonyl (C=O) groups excluding carboxylic acids is 1. The monoisotopic (exact) mass is 297 g/mol. The second-order valence-corrected chi connectivity index (χ2v) is 5.85. The Hall–Kier alpha value is -1.56. The van der Waals surface area contributed by atoms with Crippen molar-refractivity contribution < 1.29 is 19.1 Å². The minimum atomic E-state index is -0.913. The fourth-order valence-electron chi connectivity index (χ4n) is 1.98. The summed E-state index contributed by atoms with van der Waals surface area (Å²) < 4.78 is 13.4. The lowest BCUT2D eigenvalue weighted by Gasteiger charge is -2.16. The predicted molar refractivity (Wildman–Crippen MR) is 74.0 cm³/mol. The molecule has 0 aliphatic heterocycles. The summed E-state index contributed by atoms with van der Waals surface area (Å²) in [5, 5.41) is 11.5. The highest BCUT2D eigenvalue weighted by Crippen LogP contribution is 2.34. The average molecular weight is 297 g/mol. The first-order valence-corrected chi connectivity index (χ1v) is 7.43. The van der Waals surface area contributed by atoms with Gasteiger partial charge in [-0.2, -0.15) is 0 Å². The van der Waals surface area contributed by atoms with Gasteiger partial charge in [-0.25, -0.2) is 4.39 Å². The Morgan fingerprint density at radius 1 is 1.40 bits per heavy atom. The van der Waals surface area contributed by atoms with E-state index < -0.39 is 5.97 Å². The first kappa shape index (κ1) is 14.8. The maximum absolute atomic E-state index is 13.4. The van der Waals surface area contributed by atoms with Crippen molar-refractivity contribution in [2.45, 2.75) is 30.2 Å². The lowest BCUT2D eigenvalue weighted by atomic mass is 10.1. The Labute approximate surface area is 120 Å². The average Bonchev–Trinajstić information content (AvgIpc) is 3.21. The summed E-state index contributed by atoms with van der Waals surface area (Å²) in [5.74, 6) is -1.16. The van der Waals surface area contributed by atoms with Crippen molar-refractivity contribution in [3.63, 3.8) is 0 Å². The molecule has 2 N–H and O–H groups in total. The van der Waals surface area contributed by atoms with Gasteiger partial charge in [0.05, 0.1) is 12.2 Å². The molecule has 1 aliphatic rings. The number of hydrogen-bond donors (Lipinski definition) is 2. The number of rotatable bonds is 7. The summed E-state index contributed by atoms with van der Waals surface area (Å²) in [6.07, 6.45) is 1.86. The van der Waals surface area contributed by atoms with Gasteiger partial charge >= 0.3 is 5.97 Å². The van der Waals surface area contributed by atoms with Crippen molar-refractivity contribution in [1.82, 2.24) is 5.32 Å². The zero-order valence-corrected chi connectivity index (χ0v) is 11.7. The van der Waals surface area contributed by atoms with Crippen LogP contribution in [0.4, 0.5) is 4.39 Å². The van der Waals surface area contributed by atoms with E-state index in [0.29, 0.717) is 4.90 Å². The molecule has 1 aliphatic carbocycles. The third kappa shape index (κ3) is 4.52. The van der Waals surface area contributed by atoms with E-state index >= 15 is 0 Å². The van der Waals surface area contributed by atoms with Gasteiger partial charge in [-0.05, 0) is 30.9 Å². The van der Waals surface area contributed by atoms with Gasteiger partial charge in [-0.1, -0.05) is 12.1 Å². The Bertz CT molecular complexity index is 505. The van der Waals surface area contributed by atoms with Crippen LogP contribution in [0.2, 0.25) is 0 Å². The second-order valence-electron chi connectivity index (χ2n) is 4.83. The lowest BCUT2D eigenvalue weighted by Crippen LogP contribution is -2.39. The highest BCUT2D eigenvalue weighted by Gasteiger charge is 2.33. The van der Waals surface area contributed by atoms with Crippen LogP contribution in [0, 0.1) is 11.7 Å². The van der Waals surface area contributed by atoms with Crippen molar-refractivity contribution in [2.75, 3.05) is 5.75 Å². The molecule has 0 bridgehead atoms. The zero-order chi connectivity index (χ0) is 14.5. The number of benzene rings is 1. The minimum absolute atomic E-state index is 0.0548. The van der Waals surface area contributed by atoms with E-state index in [9.17, 15) is 14.0 Å². The molecule has 0 radical (unpaired) electrons. The van der Waals surface area contributed by atoms with E-state index in [-0.39, 0.29) is 35.9 Å². The van der Waals surface area contributed by atoms with Crippen LogP contribution in [-0.4, -0.2) is 28.8 Å². The molecule has 20 heavy (non-hydrogen) atoms. The van der Waals surface area contributed by atoms with E-state index in [4.69, 9.17) is 5.11 Å². The highest BCUT2D eigenvalue weighted by molar-refractivity contribution is 8.00. The van der Waals surface area contributed by atoms with Crippen molar-refractivity contribution in [3.05, 3.63) is 30.1 Å². The number of halogens is 1. The Morgan fingerprint density at radius 2 is 2.10 bits per heavy atom. The van der Waals surface area contributed by atoms with Crippen LogP contribution < -0.4 is 5.32 Å². The van der Waals surface area contributed by atoms with E-state index in [1.165, 1.54) is 6.07 Å². The van der Waals surface area contributed by atoms with Gasteiger partial charge in [0.25, 0.3) is 0 Å². The molecule has 108 valence electrons. The van der Waals surface area contributed by atoms with Gasteiger partial charge in [0.2, 0.25) is 5.91 Å². The third-order valence-corrected chi connectivity index (χ3v) is 4.18. The summed E-state index contributed by atoms with van der Waals surface area (Å²) in [7, 11) is 0. The Balaban J connectivity index is 1.82. The summed E-state index contributed by atoms with van der Waals surface area (Å²) >= 11 is 1.11. The van der Waals surface area contributed by atoms with Crippen molar-refractivity contribution in [2.24, 2.45) is 5.92 Å². The Kier molecular flexibility index (Phi) is 5.00. The van der Waals surface area contributed by atoms with Gasteiger partial charge in [0.1, 0.15) is 5.82 Å². The SMILES string of the molecule is O=C(O)CC(NC(=O)CSc1ccccc1F)C1CC1. The maximum atomic E-state index is 13.4. The number of carbonyl (C=O) groups is 2. The maximum Gasteiger partial charge on any atom is 0.305 e. The fraction of sp³-hybridized carbons (Fsp3) is 0.429. The topological polar surface area (TPSA) is 66.4 Å². The van der Waals surface area contributed by atoms with Crippen LogP contribution >= 0.6 is 11.8 Å². The molecule has 0 heterocycles. The first-order chi connectivity index (χ1) is 9.56. The van der Waals surface area contributed by atoms with Crippen LogP contribution in [0.3, 0.4) is 0 Å². The summed E-state index contributed by atoms with van der Waals surface area (Å²) in [5.41, 5.74) is 0. The second kappa shape index (κ2) is 6.74. The van der Waals surface area contributed by atoms with E-state index in [2.05, 4.69) is 5.32 Å². The number of carboxylic acid groups (broad SMARTS) is 1. The fourth-order valence-corrected chi connectivity index (χ4v) is 2.73. The van der Waals surface area contributed by atoms with Gasteiger partial charge in [-0.15, -0.1) is 11.8 Å². The van der Waals surface area contributed by atoms with Crippen molar-refractivity contribution in [3.8, 4) is 0 Å². The van der Waals surface area contributed by atoms with Crippen LogP contribution in [-0.2, 0) is 9.59 Å².